The third-order valence-corrected chi connectivity index (χ3v) is 4.30. The van der Waals surface area contributed by atoms with Crippen LogP contribution in [0.1, 0.15) is 49.9 Å². The van der Waals surface area contributed by atoms with Gasteiger partial charge in [-0.25, -0.2) is 0 Å². The van der Waals surface area contributed by atoms with Crippen molar-refractivity contribution in [1.82, 2.24) is 4.90 Å². The molecule has 1 aromatic rings. The molecule has 0 bridgehead atoms. The minimum atomic E-state index is 0.168. The van der Waals surface area contributed by atoms with Gasteiger partial charge in [0.05, 0.1) is 0 Å². The van der Waals surface area contributed by atoms with Crippen molar-refractivity contribution in [2.24, 2.45) is 5.73 Å². The van der Waals surface area contributed by atoms with Gasteiger partial charge < -0.3 is 5.73 Å². The molecule has 0 amide bonds. The third kappa shape index (κ3) is 3.12. The highest BCUT2D eigenvalue weighted by atomic mass is 15.2. The maximum Gasteiger partial charge on any atom is 0.0475 e. The van der Waals surface area contributed by atoms with Crippen LogP contribution in [0.15, 0.2) is 18.2 Å². The average Bonchev–Trinajstić information content (AvgIpc) is 2.32. The molecule has 0 spiro atoms. The Bertz CT molecular complexity index is 396. The molecule has 0 saturated heterocycles. The highest BCUT2D eigenvalue weighted by Crippen LogP contribution is 2.30. The highest BCUT2D eigenvalue weighted by molar-refractivity contribution is 5.33. The molecule has 18 heavy (non-hydrogen) atoms. The molecule has 0 aromatic heterocycles. The summed E-state index contributed by atoms with van der Waals surface area (Å²) in [4.78, 5) is 2.41. The lowest BCUT2D eigenvalue weighted by molar-refractivity contribution is 0.100. The molecule has 2 N–H and O–H groups in total. The molecule has 102 valence electrons. The second-order valence-electron chi connectivity index (χ2n) is 5.89. The first-order valence-corrected chi connectivity index (χ1v) is 6.83. The van der Waals surface area contributed by atoms with Gasteiger partial charge in [-0.05, 0) is 52.3 Å². The molecule has 0 aliphatic carbocycles. The summed E-state index contributed by atoms with van der Waals surface area (Å²) in [5.74, 6) is 0. The van der Waals surface area contributed by atoms with Crippen LogP contribution in [0.2, 0.25) is 0 Å². The number of benzene rings is 1. The van der Waals surface area contributed by atoms with Crippen LogP contribution in [0.5, 0.6) is 0 Å². The maximum atomic E-state index is 6.02. The molecule has 2 heteroatoms. The van der Waals surface area contributed by atoms with Crippen molar-refractivity contribution in [2.75, 3.05) is 13.6 Å². The molecule has 2 nitrogen and oxygen atoms in total. The van der Waals surface area contributed by atoms with Gasteiger partial charge in [-0.15, -0.1) is 0 Å². The Morgan fingerprint density at radius 3 is 2.33 bits per heavy atom. The summed E-state index contributed by atoms with van der Waals surface area (Å²) < 4.78 is 0. The van der Waals surface area contributed by atoms with Crippen molar-refractivity contribution in [3.8, 4) is 0 Å². The SMILES string of the molecule is CCC(C)(C)N(C)C(CN)c1ccc(C)cc1C. The zero-order chi connectivity index (χ0) is 13.9. The van der Waals surface area contributed by atoms with E-state index >= 15 is 0 Å². The van der Waals surface area contributed by atoms with E-state index in [-0.39, 0.29) is 5.54 Å². The van der Waals surface area contributed by atoms with E-state index in [9.17, 15) is 0 Å². The van der Waals surface area contributed by atoms with E-state index in [1.165, 1.54) is 16.7 Å². The van der Waals surface area contributed by atoms with Gasteiger partial charge in [0.25, 0.3) is 0 Å². The Morgan fingerprint density at radius 2 is 1.89 bits per heavy atom. The second kappa shape index (κ2) is 5.85. The number of nitrogens with two attached hydrogens (primary N) is 1. The van der Waals surface area contributed by atoms with Crippen LogP contribution in [0.25, 0.3) is 0 Å². The van der Waals surface area contributed by atoms with Crippen molar-refractivity contribution >= 4 is 0 Å². The topological polar surface area (TPSA) is 29.3 Å². The number of aryl methyl sites for hydroxylation is 2. The van der Waals surface area contributed by atoms with Gasteiger partial charge in [-0.1, -0.05) is 30.7 Å². The van der Waals surface area contributed by atoms with Crippen molar-refractivity contribution in [3.05, 3.63) is 34.9 Å². The third-order valence-electron chi connectivity index (χ3n) is 4.30. The quantitative estimate of drug-likeness (QED) is 0.865. The standard InChI is InChI=1S/C16H28N2/c1-7-16(4,5)18(6)15(11-17)14-9-8-12(2)10-13(14)3/h8-10,15H,7,11,17H2,1-6H3. The Morgan fingerprint density at radius 1 is 1.28 bits per heavy atom. The summed E-state index contributed by atoms with van der Waals surface area (Å²) in [7, 11) is 2.18. The molecule has 0 radical (unpaired) electrons. The number of rotatable bonds is 5. The van der Waals surface area contributed by atoms with E-state index in [0.29, 0.717) is 12.6 Å². The fraction of sp³-hybridized carbons (Fsp3) is 0.625. The summed E-state index contributed by atoms with van der Waals surface area (Å²) >= 11 is 0. The number of nitrogens with zero attached hydrogens (tertiary/aromatic N) is 1. The lowest BCUT2D eigenvalue weighted by atomic mass is 9.92. The maximum absolute atomic E-state index is 6.02. The van der Waals surface area contributed by atoms with Gasteiger partial charge in [-0.3, -0.25) is 4.90 Å². The van der Waals surface area contributed by atoms with Crippen molar-refractivity contribution in [2.45, 2.75) is 52.6 Å². The van der Waals surface area contributed by atoms with Crippen LogP contribution >= 0.6 is 0 Å². The average molecular weight is 248 g/mol. The molecule has 0 heterocycles. The van der Waals surface area contributed by atoms with Crippen LogP contribution in [0, 0.1) is 13.8 Å². The first kappa shape index (κ1) is 15.2. The first-order valence-electron chi connectivity index (χ1n) is 6.83. The smallest absolute Gasteiger partial charge is 0.0475 e. The minimum Gasteiger partial charge on any atom is -0.329 e. The largest absolute Gasteiger partial charge is 0.329 e. The van der Waals surface area contributed by atoms with Crippen LogP contribution in [-0.2, 0) is 0 Å². The van der Waals surface area contributed by atoms with Crippen LogP contribution in [-0.4, -0.2) is 24.0 Å². The normalized spacial score (nSPS) is 14.0. The molecule has 0 saturated carbocycles. The highest BCUT2D eigenvalue weighted by Gasteiger charge is 2.28. The number of hydrogen-bond acceptors (Lipinski definition) is 2. The van der Waals surface area contributed by atoms with E-state index < -0.39 is 0 Å². The second-order valence-corrected chi connectivity index (χ2v) is 5.89. The lowest BCUT2D eigenvalue weighted by Crippen LogP contribution is -2.45. The van der Waals surface area contributed by atoms with Crippen molar-refractivity contribution in [1.29, 1.82) is 0 Å². The van der Waals surface area contributed by atoms with Crippen molar-refractivity contribution < 1.29 is 0 Å². The van der Waals surface area contributed by atoms with E-state index in [0.717, 1.165) is 6.42 Å². The van der Waals surface area contributed by atoms with Crippen LogP contribution < -0.4 is 5.73 Å². The summed E-state index contributed by atoms with van der Waals surface area (Å²) in [6.07, 6.45) is 1.12. The minimum absolute atomic E-state index is 0.168. The monoisotopic (exact) mass is 248 g/mol. The zero-order valence-corrected chi connectivity index (χ0v) is 12.7. The Balaban J connectivity index is 3.10. The molecule has 0 aliphatic heterocycles. The van der Waals surface area contributed by atoms with Gasteiger partial charge in [0.15, 0.2) is 0 Å². The molecule has 0 fully saturated rings. The van der Waals surface area contributed by atoms with E-state index in [2.05, 4.69) is 64.8 Å². The van der Waals surface area contributed by atoms with E-state index in [4.69, 9.17) is 5.73 Å². The van der Waals surface area contributed by atoms with Gasteiger partial charge >= 0.3 is 0 Å². The molecule has 1 rings (SSSR count). The summed E-state index contributed by atoms with van der Waals surface area (Å²) in [5.41, 5.74) is 10.2. The van der Waals surface area contributed by atoms with E-state index in [1.54, 1.807) is 0 Å². The molecular weight excluding hydrogens is 220 g/mol. The van der Waals surface area contributed by atoms with Gasteiger partial charge in [0.2, 0.25) is 0 Å². The predicted molar refractivity (Wildman–Crippen MR) is 79.8 cm³/mol. The van der Waals surface area contributed by atoms with Gasteiger partial charge in [-0.2, -0.15) is 0 Å². The first-order chi connectivity index (χ1) is 8.33. The zero-order valence-electron chi connectivity index (χ0n) is 12.7. The molecule has 0 aliphatic rings. The van der Waals surface area contributed by atoms with Gasteiger partial charge in [0, 0.05) is 18.1 Å². The molecule has 1 unspecified atom stereocenters. The number of likely N-dealkylation sites (N-methyl/N-ethyl adjacent to an activating group) is 1. The number of hydrogen-bond donors (Lipinski definition) is 1. The van der Waals surface area contributed by atoms with Crippen LogP contribution in [0.3, 0.4) is 0 Å². The van der Waals surface area contributed by atoms with Crippen LogP contribution in [0.4, 0.5) is 0 Å². The predicted octanol–water partition coefficient (Wildman–Crippen LogP) is 3.42. The summed E-state index contributed by atoms with van der Waals surface area (Å²) in [6.45, 7) is 11.7. The van der Waals surface area contributed by atoms with E-state index in [1.807, 2.05) is 0 Å². The molecule has 1 aromatic carbocycles. The van der Waals surface area contributed by atoms with Gasteiger partial charge in [0.1, 0.15) is 0 Å². The Labute approximate surface area is 112 Å². The summed E-state index contributed by atoms with van der Waals surface area (Å²) in [5, 5.41) is 0. The fourth-order valence-electron chi connectivity index (χ4n) is 2.36. The summed E-state index contributed by atoms with van der Waals surface area (Å²) in [6, 6.07) is 6.94. The molecular formula is C16H28N2. The van der Waals surface area contributed by atoms with Crippen molar-refractivity contribution in [3.63, 3.8) is 0 Å². The fourth-order valence-corrected chi connectivity index (χ4v) is 2.36. The Hall–Kier alpha value is -0.860. The Kier molecular flexibility index (Phi) is 4.94. The lowest BCUT2D eigenvalue weighted by Gasteiger charge is -2.41. The molecule has 1 atom stereocenters.